The zero-order valence-electron chi connectivity index (χ0n) is 15.1. The predicted molar refractivity (Wildman–Crippen MR) is 98.2 cm³/mol. The molecule has 1 saturated heterocycles. The number of rotatable bonds is 3. The fourth-order valence-electron chi connectivity index (χ4n) is 3.75. The van der Waals surface area contributed by atoms with Crippen LogP contribution in [0.1, 0.15) is 36.6 Å². The van der Waals surface area contributed by atoms with Crippen LogP contribution in [0.3, 0.4) is 0 Å². The number of aryl methyl sites for hydroxylation is 2. The third kappa shape index (κ3) is 3.29. The number of hydrogen-bond donors (Lipinski definition) is 1. The number of hydrogen-bond acceptors (Lipinski definition) is 3. The van der Waals surface area contributed by atoms with Crippen molar-refractivity contribution in [2.75, 3.05) is 13.6 Å². The van der Waals surface area contributed by atoms with E-state index in [-0.39, 0.29) is 11.9 Å². The van der Waals surface area contributed by atoms with E-state index in [9.17, 15) is 4.79 Å². The highest BCUT2D eigenvalue weighted by Gasteiger charge is 2.26. The Hall–Kier alpha value is -1.94. The van der Waals surface area contributed by atoms with Gasteiger partial charge >= 0.3 is 0 Å². The fraction of sp³-hybridized carbons (Fsp3) is 0.500. The van der Waals surface area contributed by atoms with Gasteiger partial charge in [-0.15, -0.1) is 0 Å². The quantitative estimate of drug-likeness (QED) is 0.943. The highest BCUT2D eigenvalue weighted by molar-refractivity contribution is 5.86. The number of benzene rings is 1. The van der Waals surface area contributed by atoms with Crippen molar-refractivity contribution in [3.63, 3.8) is 0 Å². The van der Waals surface area contributed by atoms with Gasteiger partial charge in [-0.25, -0.2) is 0 Å². The topological polar surface area (TPSA) is 45.2 Å². The molecule has 0 spiro atoms. The van der Waals surface area contributed by atoms with E-state index in [1.165, 1.54) is 5.56 Å². The Morgan fingerprint density at radius 3 is 2.88 bits per heavy atom. The van der Waals surface area contributed by atoms with Gasteiger partial charge in [0.1, 0.15) is 0 Å². The molecule has 0 aliphatic carbocycles. The minimum atomic E-state index is 0.102. The molecule has 4 nitrogen and oxygen atoms in total. The monoisotopic (exact) mass is 325 g/mol. The molecular formula is C20H27N3O. The molecule has 1 aromatic carbocycles. The van der Waals surface area contributed by atoms with Crippen molar-refractivity contribution in [3.05, 3.63) is 41.1 Å². The Morgan fingerprint density at radius 2 is 2.08 bits per heavy atom. The van der Waals surface area contributed by atoms with E-state index in [0.29, 0.717) is 12.5 Å². The summed E-state index contributed by atoms with van der Waals surface area (Å²) in [5.74, 6) is 0.102. The first kappa shape index (κ1) is 16.9. The van der Waals surface area contributed by atoms with Crippen LogP contribution in [-0.2, 0) is 11.2 Å². The normalized spacial score (nSPS) is 21.8. The van der Waals surface area contributed by atoms with Crippen LogP contribution in [0.25, 0.3) is 10.9 Å². The molecule has 2 atom stereocenters. The number of pyridine rings is 1. The second-order valence-corrected chi connectivity index (χ2v) is 7.03. The Labute approximate surface area is 144 Å². The maximum absolute atomic E-state index is 12.6. The van der Waals surface area contributed by atoms with Gasteiger partial charge in [-0.2, -0.15) is 0 Å². The van der Waals surface area contributed by atoms with Crippen molar-refractivity contribution in [1.29, 1.82) is 0 Å². The smallest absolute Gasteiger partial charge is 0.224 e. The molecule has 2 heterocycles. The van der Waals surface area contributed by atoms with Gasteiger partial charge in [0.25, 0.3) is 0 Å². The van der Waals surface area contributed by atoms with E-state index in [1.54, 1.807) is 0 Å². The Bertz CT molecular complexity index is 756. The molecule has 1 aromatic heterocycles. The summed E-state index contributed by atoms with van der Waals surface area (Å²) >= 11 is 0. The number of carbonyl (C=O) groups excluding carboxylic acids is 1. The molecule has 4 heteroatoms. The van der Waals surface area contributed by atoms with Gasteiger partial charge in [0.15, 0.2) is 0 Å². The number of fused-ring (bicyclic) bond motifs is 1. The van der Waals surface area contributed by atoms with Crippen LogP contribution >= 0.6 is 0 Å². The zero-order chi connectivity index (χ0) is 17.3. The maximum Gasteiger partial charge on any atom is 0.224 e. The van der Waals surface area contributed by atoms with Crippen LogP contribution in [-0.4, -0.2) is 41.5 Å². The molecule has 0 saturated carbocycles. The first-order valence-electron chi connectivity index (χ1n) is 8.82. The second kappa shape index (κ2) is 6.89. The molecule has 3 rings (SSSR count). The Morgan fingerprint density at radius 1 is 1.33 bits per heavy atom. The average molecular weight is 325 g/mol. The van der Waals surface area contributed by atoms with Gasteiger partial charge in [0, 0.05) is 23.2 Å². The second-order valence-electron chi connectivity index (χ2n) is 7.03. The van der Waals surface area contributed by atoms with Crippen LogP contribution in [0.4, 0.5) is 0 Å². The van der Waals surface area contributed by atoms with Crippen LogP contribution in [0.2, 0.25) is 0 Å². The highest BCUT2D eigenvalue weighted by Crippen LogP contribution is 2.23. The van der Waals surface area contributed by atoms with Crippen molar-refractivity contribution in [3.8, 4) is 0 Å². The molecule has 0 radical (unpaired) electrons. The highest BCUT2D eigenvalue weighted by atomic mass is 16.1. The summed E-state index contributed by atoms with van der Waals surface area (Å²) < 4.78 is 0. The van der Waals surface area contributed by atoms with Crippen molar-refractivity contribution in [2.45, 2.75) is 52.1 Å². The van der Waals surface area contributed by atoms with Crippen molar-refractivity contribution >= 4 is 16.8 Å². The fourth-order valence-corrected chi connectivity index (χ4v) is 3.75. The summed E-state index contributed by atoms with van der Waals surface area (Å²) in [6, 6.07) is 8.76. The van der Waals surface area contributed by atoms with Crippen LogP contribution in [0.5, 0.6) is 0 Å². The molecule has 128 valence electrons. The number of aromatic nitrogens is 1. The standard InChI is InChI=1S/C20H27N3O/c1-13-16-8-5-6-9-19(16)21-14(2)17(13)12-20(24)22-18-10-7-11-23(4)15(18)3/h5-6,8-9,15,18H,7,10-12H2,1-4H3,(H,22,24)/t15-,18+/m0/s1. The third-order valence-electron chi connectivity index (χ3n) is 5.47. The lowest BCUT2D eigenvalue weighted by molar-refractivity contribution is -0.121. The molecule has 2 aromatic rings. The first-order valence-corrected chi connectivity index (χ1v) is 8.82. The Balaban J connectivity index is 1.78. The van der Waals surface area contributed by atoms with Crippen LogP contribution < -0.4 is 5.32 Å². The van der Waals surface area contributed by atoms with E-state index < -0.39 is 0 Å². The number of nitrogens with one attached hydrogen (secondary N) is 1. The van der Waals surface area contributed by atoms with Crippen LogP contribution in [0, 0.1) is 13.8 Å². The number of para-hydroxylation sites is 1. The van der Waals surface area contributed by atoms with Gasteiger partial charge in [-0.3, -0.25) is 9.78 Å². The molecular weight excluding hydrogens is 298 g/mol. The summed E-state index contributed by atoms with van der Waals surface area (Å²) in [7, 11) is 2.13. The minimum absolute atomic E-state index is 0.102. The Kier molecular flexibility index (Phi) is 4.86. The molecule has 1 aliphatic rings. The number of amides is 1. The van der Waals surface area contributed by atoms with E-state index >= 15 is 0 Å². The SMILES string of the molecule is Cc1nc2ccccc2c(C)c1CC(=O)N[C@@H]1CCCN(C)[C@H]1C. The van der Waals surface area contributed by atoms with E-state index in [0.717, 1.165) is 41.5 Å². The first-order chi connectivity index (χ1) is 11.5. The molecule has 1 amide bonds. The number of likely N-dealkylation sites (tertiary alicyclic amines) is 1. The van der Waals surface area contributed by atoms with E-state index in [2.05, 4.69) is 42.2 Å². The molecule has 1 fully saturated rings. The van der Waals surface area contributed by atoms with Gasteiger partial charge in [0.2, 0.25) is 5.91 Å². The largest absolute Gasteiger partial charge is 0.352 e. The lowest BCUT2D eigenvalue weighted by Gasteiger charge is -2.37. The molecule has 24 heavy (non-hydrogen) atoms. The lowest BCUT2D eigenvalue weighted by Crippen LogP contribution is -2.52. The molecule has 1 N–H and O–H groups in total. The third-order valence-corrected chi connectivity index (χ3v) is 5.47. The molecule has 1 aliphatic heterocycles. The lowest BCUT2D eigenvalue weighted by atomic mass is 9.96. The van der Waals surface area contributed by atoms with Crippen molar-refractivity contribution in [1.82, 2.24) is 15.2 Å². The zero-order valence-corrected chi connectivity index (χ0v) is 15.1. The summed E-state index contributed by atoms with van der Waals surface area (Å²) in [6.45, 7) is 7.40. The summed E-state index contributed by atoms with van der Waals surface area (Å²) in [6.07, 6.45) is 2.61. The van der Waals surface area contributed by atoms with Gasteiger partial charge in [0.05, 0.1) is 11.9 Å². The van der Waals surface area contributed by atoms with Gasteiger partial charge in [-0.05, 0) is 64.4 Å². The summed E-state index contributed by atoms with van der Waals surface area (Å²) in [5.41, 5.74) is 4.18. The number of nitrogens with zero attached hydrogens (tertiary/aromatic N) is 2. The van der Waals surface area contributed by atoms with Gasteiger partial charge in [-0.1, -0.05) is 18.2 Å². The number of piperidine rings is 1. The predicted octanol–water partition coefficient (Wildman–Crippen LogP) is 2.99. The maximum atomic E-state index is 12.6. The van der Waals surface area contributed by atoms with Crippen molar-refractivity contribution in [2.24, 2.45) is 0 Å². The minimum Gasteiger partial charge on any atom is -0.352 e. The van der Waals surface area contributed by atoms with E-state index in [4.69, 9.17) is 0 Å². The van der Waals surface area contributed by atoms with Gasteiger partial charge < -0.3 is 10.2 Å². The summed E-state index contributed by atoms with van der Waals surface area (Å²) in [5, 5.41) is 4.38. The van der Waals surface area contributed by atoms with E-state index in [1.807, 2.05) is 25.1 Å². The number of likely N-dealkylation sites (N-methyl/N-ethyl adjacent to an activating group) is 1. The average Bonchev–Trinajstić information content (AvgIpc) is 2.56. The molecule has 0 unspecified atom stereocenters. The summed E-state index contributed by atoms with van der Waals surface area (Å²) in [4.78, 5) is 19.6. The molecule has 0 bridgehead atoms. The van der Waals surface area contributed by atoms with Crippen LogP contribution in [0.15, 0.2) is 24.3 Å². The van der Waals surface area contributed by atoms with Crippen molar-refractivity contribution < 1.29 is 4.79 Å². The number of carbonyl (C=O) groups is 1.